The summed E-state index contributed by atoms with van der Waals surface area (Å²) < 4.78 is 10.7. The lowest BCUT2D eigenvalue weighted by atomic mass is 9.81. The molecule has 1 aliphatic rings. The normalized spacial score (nSPS) is 15.1. The van der Waals surface area contributed by atoms with Gasteiger partial charge in [-0.1, -0.05) is 17.2 Å². The number of hydrogen-bond donors (Lipinski definition) is 1. The Morgan fingerprint density at radius 1 is 1.35 bits per heavy atom. The molecule has 0 bridgehead atoms. The highest BCUT2D eigenvalue weighted by Crippen LogP contribution is 2.40. The number of carbonyl (C=O) groups is 2. The van der Waals surface area contributed by atoms with Gasteiger partial charge in [0.05, 0.1) is 53.4 Å². The van der Waals surface area contributed by atoms with E-state index in [4.69, 9.17) is 20.3 Å². The van der Waals surface area contributed by atoms with E-state index in [1.165, 1.54) is 30.5 Å². The number of likely N-dealkylation sites (N-methyl/N-ethyl adjacent to an activating group) is 1. The number of carboxylic acids is 1. The summed E-state index contributed by atoms with van der Waals surface area (Å²) >= 11 is 0. The van der Waals surface area contributed by atoms with Crippen molar-refractivity contribution in [1.29, 1.82) is 5.26 Å². The Labute approximate surface area is 194 Å². The molecule has 1 aromatic rings. The fourth-order valence-corrected chi connectivity index (χ4v) is 3.38. The SMILES string of the molecule is CCN1C=C(C(=O)OCCC#N)C(c2ccc([N+](=O)[O-])cc2)C(C(=O)O)=C1COCCN=[N+]=[N-]. The zero-order valence-electron chi connectivity index (χ0n) is 18.3. The van der Waals surface area contributed by atoms with Crippen molar-refractivity contribution in [3.05, 3.63) is 73.4 Å². The van der Waals surface area contributed by atoms with E-state index >= 15 is 0 Å². The van der Waals surface area contributed by atoms with E-state index in [-0.39, 0.29) is 55.3 Å². The summed E-state index contributed by atoms with van der Waals surface area (Å²) in [6, 6.07) is 7.05. The van der Waals surface area contributed by atoms with Crippen molar-refractivity contribution in [2.45, 2.75) is 19.3 Å². The number of rotatable bonds is 12. The molecule has 1 N–H and O–H groups in total. The summed E-state index contributed by atoms with van der Waals surface area (Å²) in [7, 11) is 0. The first-order chi connectivity index (χ1) is 16.3. The first-order valence-corrected chi connectivity index (χ1v) is 10.2. The van der Waals surface area contributed by atoms with Crippen LogP contribution >= 0.6 is 0 Å². The van der Waals surface area contributed by atoms with Gasteiger partial charge in [0.1, 0.15) is 6.61 Å². The summed E-state index contributed by atoms with van der Waals surface area (Å²) in [6.07, 6.45) is 1.42. The second-order valence-electron chi connectivity index (χ2n) is 6.87. The van der Waals surface area contributed by atoms with Crippen molar-refractivity contribution in [3.8, 4) is 6.07 Å². The molecule has 13 nitrogen and oxygen atoms in total. The maximum Gasteiger partial charge on any atom is 0.336 e. The van der Waals surface area contributed by atoms with Crippen LogP contribution in [0.25, 0.3) is 10.4 Å². The van der Waals surface area contributed by atoms with Gasteiger partial charge in [-0.2, -0.15) is 5.26 Å². The van der Waals surface area contributed by atoms with Gasteiger partial charge < -0.3 is 19.5 Å². The average molecular weight is 470 g/mol. The Balaban J connectivity index is 2.56. The average Bonchev–Trinajstić information content (AvgIpc) is 2.83. The van der Waals surface area contributed by atoms with E-state index in [0.29, 0.717) is 12.1 Å². The Bertz CT molecular complexity index is 1080. The van der Waals surface area contributed by atoms with E-state index in [0.717, 1.165) is 0 Å². The maximum atomic E-state index is 12.9. The number of carbonyl (C=O) groups excluding carboxylic acids is 1. The highest BCUT2D eigenvalue weighted by molar-refractivity contribution is 5.98. The quantitative estimate of drug-likeness (QED) is 0.0909. The molecule has 1 atom stereocenters. The molecule has 0 fully saturated rings. The molecule has 0 spiro atoms. The van der Waals surface area contributed by atoms with E-state index in [1.807, 2.05) is 6.07 Å². The molecule has 13 heteroatoms. The van der Waals surface area contributed by atoms with Gasteiger partial charge in [0.25, 0.3) is 5.69 Å². The number of nitro benzene ring substituents is 1. The minimum absolute atomic E-state index is 0.00359. The Morgan fingerprint density at radius 3 is 2.62 bits per heavy atom. The number of carboxylic acid groups (broad SMARTS) is 1. The Morgan fingerprint density at radius 2 is 2.06 bits per heavy atom. The van der Waals surface area contributed by atoms with Crippen LogP contribution in [0.5, 0.6) is 0 Å². The van der Waals surface area contributed by atoms with E-state index in [2.05, 4.69) is 10.0 Å². The molecule has 0 saturated carbocycles. The van der Waals surface area contributed by atoms with Gasteiger partial charge in [-0.05, 0) is 18.0 Å². The molecule has 0 aromatic heterocycles. The van der Waals surface area contributed by atoms with E-state index in [1.54, 1.807) is 11.8 Å². The topological polar surface area (TPSA) is 192 Å². The lowest BCUT2D eigenvalue weighted by Gasteiger charge is -2.34. The van der Waals surface area contributed by atoms with Gasteiger partial charge in [0.15, 0.2) is 0 Å². The largest absolute Gasteiger partial charge is 0.478 e. The third-order valence-corrected chi connectivity index (χ3v) is 4.88. The van der Waals surface area contributed by atoms with Gasteiger partial charge >= 0.3 is 11.9 Å². The number of nitrogens with zero attached hydrogens (tertiary/aromatic N) is 6. The molecule has 1 aliphatic heterocycles. The van der Waals surface area contributed by atoms with Gasteiger partial charge in [0.2, 0.25) is 0 Å². The second-order valence-corrected chi connectivity index (χ2v) is 6.87. The minimum atomic E-state index is -1.31. The predicted molar refractivity (Wildman–Crippen MR) is 117 cm³/mol. The highest BCUT2D eigenvalue weighted by Gasteiger charge is 2.38. The number of non-ortho nitro benzene ring substituents is 1. The van der Waals surface area contributed by atoms with E-state index < -0.39 is 22.8 Å². The summed E-state index contributed by atoms with van der Waals surface area (Å²) in [5, 5.41) is 33.2. The first kappa shape index (κ1) is 25.9. The number of ether oxygens (including phenoxy) is 2. The molecule has 1 heterocycles. The standard InChI is InChI=1S/C21H22N6O7/c1-2-26-12-16(21(30)34-10-3-8-22)18(14-4-6-15(7-5-14)27(31)32)19(20(28)29)17(26)13-33-11-9-24-25-23/h4-7,12,18H,2-3,9-11,13H2,1H3,(H,28,29). The molecule has 0 radical (unpaired) electrons. The van der Waals surface area contributed by atoms with Crippen molar-refractivity contribution in [2.75, 3.05) is 32.9 Å². The predicted octanol–water partition coefficient (Wildman–Crippen LogP) is 3.02. The lowest BCUT2D eigenvalue weighted by molar-refractivity contribution is -0.384. The molecule has 1 aromatic carbocycles. The van der Waals surface area contributed by atoms with Crippen LogP contribution in [0.1, 0.15) is 24.8 Å². The fraction of sp³-hybridized carbons (Fsp3) is 0.381. The van der Waals surface area contributed by atoms with Crippen molar-refractivity contribution in [1.82, 2.24) is 4.90 Å². The van der Waals surface area contributed by atoms with Crippen molar-refractivity contribution < 1.29 is 29.1 Å². The fourth-order valence-electron chi connectivity index (χ4n) is 3.38. The number of nitro groups is 1. The van der Waals surface area contributed by atoms with E-state index in [9.17, 15) is 24.8 Å². The van der Waals surface area contributed by atoms with Crippen LogP contribution in [0, 0.1) is 21.4 Å². The lowest BCUT2D eigenvalue weighted by Crippen LogP contribution is -2.34. The number of benzene rings is 1. The zero-order valence-corrected chi connectivity index (χ0v) is 18.3. The zero-order chi connectivity index (χ0) is 25.1. The highest BCUT2D eigenvalue weighted by atomic mass is 16.6. The van der Waals surface area contributed by atoms with Gasteiger partial charge in [-0.3, -0.25) is 10.1 Å². The Hall–Kier alpha value is -4.40. The van der Waals surface area contributed by atoms with Crippen LogP contribution in [0.4, 0.5) is 5.69 Å². The third-order valence-electron chi connectivity index (χ3n) is 4.88. The number of nitriles is 1. The van der Waals surface area contributed by atoms with Gasteiger partial charge in [-0.15, -0.1) is 0 Å². The van der Waals surface area contributed by atoms with Crippen molar-refractivity contribution >= 4 is 17.6 Å². The summed E-state index contributed by atoms with van der Waals surface area (Å²) in [5.74, 6) is -3.23. The van der Waals surface area contributed by atoms with Gasteiger partial charge in [0, 0.05) is 36.3 Å². The van der Waals surface area contributed by atoms with Crippen molar-refractivity contribution in [2.24, 2.45) is 5.11 Å². The first-order valence-electron chi connectivity index (χ1n) is 10.2. The molecule has 1 unspecified atom stereocenters. The van der Waals surface area contributed by atoms with Crippen LogP contribution < -0.4 is 0 Å². The molecule has 178 valence electrons. The van der Waals surface area contributed by atoms with Crippen LogP contribution in [-0.2, 0) is 19.1 Å². The monoisotopic (exact) mass is 470 g/mol. The summed E-state index contributed by atoms with van der Waals surface area (Å²) in [6.45, 7) is 1.83. The van der Waals surface area contributed by atoms with Crippen LogP contribution in [0.2, 0.25) is 0 Å². The van der Waals surface area contributed by atoms with Crippen LogP contribution in [-0.4, -0.2) is 59.8 Å². The number of aliphatic carboxylic acids is 1. The molecular weight excluding hydrogens is 448 g/mol. The second kappa shape index (κ2) is 12.6. The summed E-state index contributed by atoms with van der Waals surface area (Å²) in [4.78, 5) is 39.9. The molecular formula is C21H22N6O7. The van der Waals surface area contributed by atoms with Crippen LogP contribution in [0.15, 0.2) is 52.4 Å². The third kappa shape index (κ3) is 6.32. The van der Waals surface area contributed by atoms with Crippen LogP contribution in [0.3, 0.4) is 0 Å². The number of azide groups is 1. The number of hydrogen-bond acceptors (Lipinski definition) is 9. The molecule has 2 rings (SSSR count). The Kier molecular flexibility index (Phi) is 9.57. The number of esters is 1. The molecule has 0 saturated heterocycles. The smallest absolute Gasteiger partial charge is 0.336 e. The molecule has 0 aliphatic carbocycles. The summed E-state index contributed by atoms with van der Waals surface area (Å²) in [5.41, 5.74) is 8.63. The molecule has 0 amide bonds. The maximum absolute atomic E-state index is 12.9. The van der Waals surface area contributed by atoms with Gasteiger partial charge in [-0.25, -0.2) is 9.59 Å². The molecule has 34 heavy (non-hydrogen) atoms. The van der Waals surface area contributed by atoms with Crippen molar-refractivity contribution in [3.63, 3.8) is 0 Å². The minimum Gasteiger partial charge on any atom is -0.478 e.